The van der Waals surface area contributed by atoms with E-state index in [1.165, 1.54) is 180 Å². The molecule has 0 amide bonds. The van der Waals surface area contributed by atoms with Gasteiger partial charge in [-0.25, -0.2) is 9.13 Å². The van der Waals surface area contributed by atoms with E-state index in [2.05, 4.69) is 34.6 Å². The minimum absolute atomic E-state index is 0.102. The predicted molar refractivity (Wildman–Crippen MR) is 358 cm³/mol. The number of ether oxygens (including phenoxy) is 4. The third-order valence-electron chi connectivity index (χ3n) is 16.3. The van der Waals surface area contributed by atoms with Gasteiger partial charge in [0.05, 0.1) is 26.4 Å². The van der Waals surface area contributed by atoms with Crippen molar-refractivity contribution in [3.05, 3.63) is 0 Å². The molecule has 17 nitrogen and oxygen atoms in total. The molecule has 0 saturated carbocycles. The van der Waals surface area contributed by atoms with Gasteiger partial charge in [0.15, 0.2) is 12.2 Å². The van der Waals surface area contributed by atoms with Crippen molar-refractivity contribution in [3.63, 3.8) is 0 Å². The molecule has 5 atom stereocenters. The number of phosphoric ester groups is 2. The summed E-state index contributed by atoms with van der Waals surface area (Å²) in [5, 5.41) is 10.5. The Kier molecular flexibility index (Phi) is 62.1. The van der Waals surface area contributed by atoms with Gasteiger partial charge in [0.1, 0.15) is 19.3 Å². The lowest BCUT2D eigenvalue weighted by Gasteiger charge is -2.21. The molecule has 0 bridgehead atoms. The van der Waals surface area contributed by atoms with Crippen molar-refractivity contribution in [3.8, 4) is 0 Å². The number of unbranched alkanes of at least 4 members (excludes halogenated alkanes) is 42. The SMILES string of the molecule is CCCCCCCCCCCCCCCCCCCCCCCC(=O)O[C@H](COC(=O)CCCCCCCCCCCCCCCC)COP(=O)(O)OC[C@@H](O)COP(=O)(O)OC[C@@H](COC(=O)CCCCCCC)OC(=O)CCCCCCCCC(C)C. The van der Waals surface area contributed by atoms with Gasteiger partial charge >= 0.3 is 39.5 Å². The van der Waals surface area contributed by atoms with Crippen molar-refractivity contribution in [2.45, 2.75) is 380 Å². The van der Waals surface area contributed by atoms with E-state index >= 15 is 0 Å². The van der Waals surface area contributed by atoms with Crippen LogP contribution in [-0.2, 0) is 65.4 Å². The maximum absolute atomic E-state index is 13.0. The van der Waals surface area contributed by atoms with E-state index in [1.807, 2.05) is 0 Å². The standard InChI is InChI=1S/C70H136O17P2/c1-6-9-12-15-17-19-21-23-25-26-27-28-29-30-31-33-35-37-39-45-50-55-69(74)86-66(60-81-68(73)54-49-44-38-36-34-32-24-22-20-18-16-13-10-7-2)62-85-89(78,79)83-58-64(71)57-82-88(76,77)84-61-65(59-80-67(72)53-48-42-14-11-8-3)87-70(75)56-51-46-41-40-43-47-52-63(4)5/h63-66,71H,6-62H2,1-5H3,(H,76,77)(H,78,79)/t64-,65+,66+/m0/s1. The average Bonchev–Trinajstić information content (AvgIpc) is 3.55. The van der Waals surface area contributed by atoms with Crippen LogP contribution in [0.15, 0.2) is 0 Å². The van der Waals surface area contributed by atoms with Gasteiger partial charge in [-0.2, -0.15) is 0 Å². The quantitative estimate of drug-likeness (QED) is 0.0222. The summed E-state index contributed by atoms with van der Waals surface area (Å²) in [5.74, 6) is -1.47. The first kappa shape index (κ1) is 87.1. The highest BCUT2D eigenvalue weighted by atomic mass is 31.2. The van der Waals surface area contributed by atoms with Crippen LogP contribution in [0.3, 0.4) is 0 Å². The summed E-state index contributed by atoms with van der Waals surface area (Å²) in [4.78, 5) is 72.2. The molecule has 0 spiro atoms. The zero-order valence-electron chi connectivity index (χ0n) is 57.6. The Hall–Kier alpha value is -1.94. The molecule has 0 radical (unpaired) electrons. The van der Waals surface area contributed by atoms with Crippen LogP contribution in [0, 0.1) is 5.92 Å². The van der Waals surface area contributed by atoms with Crippen molar-refractivity contribution in [1.82, 2.24) is 0 Å². The fourth-order valence-electron chi connectivity index (χ4n) is 10.6. The predicted octanol–water partition coefficient (Wildman–Crippen LogP) is 20.1. The second-order valence-electron chi connectivity index (χ2n) is 25.7. The van der Waals surface area contributed by atoms with Gasteiger partial charge in [0.2, 0.25) is 0 Å². The number of aliphatic hydroxyl groups is 1. The van der Waals surface area contributed by atoms with Crippen LogP contribution < -0.4 is 0 Å². The zero-order valence-corrected chi connectivity index (χ0v) is 59.4. The third kappa shape index (κ3) is 64.6. The average molecular weight is 1310 g/mol. The maximum Gasteiger partial charge on any atom is 0.472 e. The summed E-state index contributed by atoms with van der Waals surface area (Å²) in [6.07, 6.45) is 50.7. The molecule has 0 heterocycles. The molecule has 0 fully saturated rings. The fourth-order valence-corrected chi connectivity index (χ4v) is 12.2. The third-order valence-corrected chi connectivity index (χ3v) is 18.2. The molecule has 0 aliphatic heterocycles. The molecule has 0 saturated heterocycles. The molecule has 0 aromatic heterocycles. The van der Waals surface area contributed by atoms with Gasteiger partial charge < -0.3 is 33.8 Å². The maximum atomic E-state index is 13.0. The zero-order chi connectivity index (χ0) is 65.6. The van der Waals surface area contributed by atoms with Crippen molar-refractivity contribution >= 4 is 39.5 Å². The molecular weight excluding hydrogens is 1170 g/mol. The van der Waals surface area contributed by atoms with Gasteiger partial charge in [0, 0.05) is 25.7 Å². The largest absolute Gasteiger partial charge is 0.472 e. The molecular formula is C70H136O17P2. The smallest absolute Gasteiger partial charge is 0.462 e. The minimum Gasteiger partial charge on any atom is -0.462 e. The normalized spacial score (nSPS) is 14.1. The van der Waals surface area contributed by atoms with E-state index in [1.54, 1.807) is 0 Å². The second-order valence-corrected chi connectivity index (χ2v) is 28.7. The molecule has 19 heteroatoms. The van der Waals surface area contributed by atoms with E-state index in [-0.39, 0.29) is 25.7 Å². The Balaban J connectivity index is 5.10. The van der Waals surface area contributed by atoms with Crippen molar-refractivity contribution in [2.75, 3.05) is 39.6 Å². The second kappa shape index (κ2) is 63.5. The molecule has 0 aliphatic carbocycles. The van der Waals surface area contributed by atoms with E-state index < -0.39 is 97.5 Å². The lowest BCUT2D eigenvalue weighted by molar-refractivity contribution is -0.161. The first-order chi connectivity index (χ1) is 43.0. The Bertz CT molecular complexity index is 1720. The molecule has 528 valence electrons. The van der Waals surface area contributed by atoms with Crippen LogP contribution in [0.25, 0.3) is 0 Å². The number of aliphatic hydroxyl groups excluding tert-OH is 1. The van der Waals surface area contributed by atoms with Gasteiger partial charge in [-0.1, -0.05) is 311 Å². The van der Waals surface area contributed by atoms with Gasteiger partial charge in [-0.3, -0.25) is 37.3 Å². The number of carbonyl (C=O) groups is 4. The number of phosphoric acid groups is 2. The first-order valence-corrected chi connectivity index (χ1v) is 39.6. The highest BCUT2D eigenvalue weighted by molar-refractivity contribution is 7.47. The highest BCUT2D eigenvalue weighted by Gasteiger charge is 2.30. The highest BCUT2D eigenvalue weighted by Crippen LogP contribution is 2.45. The topological polar surface area (TPSA) is 237 Å². The van der Waals surface area contributed by atoms with Crippen LogP contribution >= 0.6 is 15.6 Å². The Morgan fingerprint density at radius 2 is 0.517 bits per heavy atom. The summed E-state index contributed by atoms with van der Waals surface area (Å²) >= 11 is 0. The summed E-state index contributed by atoms with van der Waals surface area (Å²) in [6, 6.07) is 0. The van der Waals surface area contributed by atoms with E-state index in [9.17, 15) is 43.2 Å². The Labute approximate surface area is 543 Å². The van der Waals surface area contributed by atoms with Crippen molar-refractivity contribution < 1.29 is 80.2 Å². The van der Waals surface area contributed by atoms with Crippen LogP contribution in [0.4, 0.5) is 0 Å². The molecule has 0 aromatic rings. The Morgan fingerprint density at radius 1 is 0.303 bits per heavy atom. The molecule has 0 aliphatic rings. The van der Waals surface area contributed by atoms with Crippen LogP contribution in [0.2, 0.25) is 0 Å². The summed E-state index contributed by atoms with van der Waals surface area (Å²) in [6.45, 7) is 7.06. The van der Waals surface area contributed by atoms with E-state index in [0.29, 0.717) is 31.6 Å². The number of carbonyl (C=O) groups excluding carboxylic acids is 4. The lowest BCUT2D eigenvalue weighted by atomic mass is 10.0. The molecule has 89 heavy (non-hydrogen) atoms. The van der Waals surface area contributed by atoms with Gasteiger partial charge in [-0.05, 0) is 31.6 Å². The van der Waals surface area contributed by atoms with Crippen LogP contribution in [-0.4, -0.2) is 96.7 Å². The van der Waals surface area contributed by atoms with Crippen LogP contribution in [0.5, 0.6) is 0 Å². The van der Waals surface area contributed by atoms with Gasteiger partial charge in [0.25, 0.3) is 0 Å². The number of hydrogen-bond donors (Lipinski definition) is 3. The molecule has 3 N–H and O–H groups in total. The molecule has 2 unspecified atom stereocenters. The number of hydrogen-bond acceptors (Lipinski definition) is 15. The van der Waals surface area contributed by atoms with E-state index in [0.717, 1.165) is 96.3 Å². The fraction of sp³-hybridized carbons (Fsp3) is 0.943. The van der Waals surface area contributed by atoms with Crippen molar-refractivity contribution in [2.24, 2.45) is 5.92 Å². The first-order valence-electron chi connectivity index (χ1n) is 36.6. The summed E-state index contributed by atoms with van der Waals surface area (Å²) in [5.41, 5.74) is 0. The van der Waals surface area contributed by atoms with E-state index in [4.69, 9.17) is 37.0 Å². The monoisotopic (exact) mass is 1310 g/mol. The minimum atomic E-state index is -4.95. The summed E-state index contributed by atoms with van der Waals surface area (Å²) in [7, 11) is -9.89. The van der Waals surface area contributed by atoms with Gasteiger partial charge in [-0.15, -0.1) is 0 Å². The van der Waals surface area contributed by atoms with Crippen molar-refractivity contribution in [1.29, 1.82) is 0 Å². The molecule has 0 aromatic carbocycles. The summed E-state index contributed by atoms with van der Waals surface area (Å²) < 4.78 is 68.0. The number of rotatable bonds is 70. The lowest BCUT2D eigenvalue weighted by Crippen LogP contribution is -2.30. The van der Waals surface area contributed by atoms with Crippen LogP contribution in [0.1, 0.15) is 362 Å². The number of esters is 4. The molecule has 0 rings (SSSR count). The Morgan fingerprint density at radius 3 is 0.764 bits per heavy atom.